The second kappa shape index (κ2) is 8.44. The second-order valence-electron chi connectivity index (χ2n) is 7.30. The smallest absolute Gasteiger partial charge is 0.260 e. The van der Waals surface area contributed by atoms with E-state index >= 15 is 0 Å². The van der Waals surface area contributed by atoms with Gasteiger partial charge in [-0.1, -0.05) is 30.3 Å². The zero-order valence-corrected chi connectivity index (χ0v) is 15.9. The van der Waals surface area contributed by atoms with Crippen LogP contribution in [-0.4, -0.2) is 54.4 Å². The summed E-state index contributed by atoms with van der Waals surface area (Å²) in [4.78, 5) is 28.2. The lowest BCUT2D eigenvalue weighted by atomic mass is 10.0. The van der Waals surface area contributed by atoms with Gasteiger partial charge in [0.05, 0.1) is 0 Å². The first kappa shape index (κ1) is 18.5. The molecule has 4 rings (SSSR count). The lowest BCUT2D eigenvalue weighted by molar-refractivity contribution is -0.135. The Morgan fingerprint density at radius 2 is 1.79 bits per heavy atom. The molecule has 0 atom stereocenters. The Morgan fingerprint density at radius 3 is 2.57 bits per heavy atom. The van der Waals surface area contributed by atoms with E-state index in [9.17, 15) is 9.59 Å². The predicted molar refractivity (Wildman–Crippen MR) is 107 cm³/mol. The number of piperazine rings is 1. The van der Waals surface area contributed by atoms with Crippen molar-refractivity contribution in [3.05, 3.63) is 59.7 Å². The number of fused-ring (bicyclic) bond motifs is 1. The molecule has 6 heteroatoms. The maximum atomic E-state index is 12.5. The van der Waals surface area contributed by atoms with Gasteiger partial charge in [0, 0.05) is 44.8 Å². The van der Waals surface area contributed by atoms with Crippen molar-refractivity contribution in [2.45, 2.75) is 19.4 Å². The van der Waals surface area contributed by atoms with E-state index in [1.165, 1.54) is 5.56 Å². The lowest BCUT2D eigenvalue weighted by Gasteiger charge is -2.34. The molecule has 2 aromatic carbocycles. The zero-order chi connectivity index (χ0) is 19.3. The summed E-state index contributed by atoms with van der Waals surface area (Å²) in [5.74, 6) is 0.735. The molecular formula is C22H25N3O3. The van der Waals surface area contributed by atoms with E-state index in [1.807, 2.05) is 23.1 Å². The van der Waals surface area contributed by atoms with Crippen LogP contribution in [0.4, 0.5) is 5.69 Å². The Hall–Kier alpha value is -2.86. The number of nitrogens with one attached hydrogen (secondary N) is 1. The molecule has 28 heavy (non-hydrogen) atoms. The van der Waals surface area contributed by atoms with Crippen LogP contribution in [0, 0.1) is 0 Å². The third kappa shape index (κ3) is 4.51. The number of carbonyl (C=O) groups excluding carboxylic acids is 2. The van der Waals surface area contributed by atoms with E-state index in [1.54, 1.807) is 6.07 Å². The summed E-state index contributed by atoms with van der Waals surface area (Å²) < 4.78 is 5.72. The van der Waals surface area contributed by atoms with Gasteiger partial charge >= 0.3 is 0 Å². The number of nitrogens with zero attached hydrogens (tertiary/aromatic N) is 2. The molecule has 0 bridgehead atoms. The topological polar surface area (TPSA) is 61.9 Å². The zero-order valence-electron chi connectivity index (χ0n) is 15.9. The van der Waals surface area contributed by atoms with Gasteiger partial charge in [0.2, 0.25) is 5.91 Å². The average molecular weight is 379 g/mol. The van der Waals surface area contributed by atoms with Gasteiger partial charge in [-0.3, -0.25) is 14.5 Å². The lowest BCUT2D eigenvalue weighted by Crippen LogP contribution is -2.49. The Bertz CT molecular complexity index is 845. The molecule has 146 valence electrons. The molecule has 0 aliphatic carbocycles. The predicted octanol–water partition coefficient (Wildman–Crippen LogP) is 2.29. The molecule has 2 heterocycles. The van der Waals surface area contributed by atoms with Crippen molar-refractivity contribution >= 4 is 17.5 Å². The Kier molecular flexibility index (Phi) is 5.58. The molecule has 1 N–H and O–H groups in total. The van der Waals surface area contributed by atoms with Crippen molar-refractivity contribution in [2.75, 3.05) is 38.1 Å². The summed E-state index contributed by atoms with van der Waals surface area (Å²) in [6.45, 7) is 4.17. The second-order valence-corrected chi connectivity index (χ2v) is 7.30. The van der Waals surface area contributed by atoms with Gasteiger partial charge in [-0.2, -0.15) is 0 Å². The quantitative estimate of drug-likeness (QED) is 0.866. The van der Waals surface area contributed by atoms with E-state index in [0.717, 1.165) is 44.0 Å². The molecule has 0 unspecified atom stereocenters. The van der Waals surface area contributed by atoms with Crippen molar-refractivity contribution in [1.82, 2.24) is 9.80 Å². The normalized spacial score (nSPS) is 17.0. The number of hydrogen-bond acceptors (Lipinski definition) is 4. The molecule has 2 aromatic rings. The van der Waals surface area contributed by atoms with Gasteiger partial charge in [0.15, 0.2) is 6.61 Å². The highest BCUT2D eigenvalue weighted by atomic mass is 16.5. The van der Waals surface area contributed by atoms with Crippen LogP contribution < -0.4 is 10.1 Å². The highest BCUT2D eigenvalue weighted by Gasteiger charge is 2.22. The van der Waals surface area contributed by atoms with Crippen molar-refractivity contribution in [3.8, 4) is 5.75 Å². The summed E-state index contributed by atoms with van der Waals surface area (Å²) in [6.07, 6.45) is 1.19. The van der Waals surface area contributed by atoms with Crippen LogP contribution in [-0.2, 0) is 22.6 Å². The van der Waals surface area contributed by atoms with Crippen LogP contribution in [0.3, 0.4) is 0 Å². The third-order valence-electron chi connectivity index (χ3n) is 5.31. The minimum atomic E-state index is 0.0189. The minimum absolute atomic E-state index is 0.0189. The van der Waals surface area contributed by atoms with Crippen molar-refractivity contribution in [1.29, 1.82) is 0 Å². The SMILES string of the molecule is O=C1CCc2cc(OCC(=O)N3CCN(Cc4ccccc4)CC3)ccc2N1. The number of anilines is 1. The maximum absolute atomic E-state index is 12.5. The van der Waals surface area contributed by atoms with Crippen molar-refractivity contribution in [3.63, 3.8) is 0 Å². The summed E-state index contributed by atoms with van der Waals surface area (Å²) in [5.41, 5.74) is 3.19. The van der Waals surface area contributed by atoms with Gasteiger partial charge in [-0.25, -0.2) is 0 Å². The molecule has 0 spiro atoms. The van der Waals surface area contributed by atoms with Crippen LogP contribution >= 0.6 is 0 Å². The van der Waals surface area contributed by atoms with Crippen LogP contribution in [0.2, 0.25) is 0 Å². The summed E-state index contributed by atoms with van der Waals surface area (Å²) in [6, 6.07) is 16.0. The maximum Gasteiger partial charge on any atom is 0.260 e. The molecule has 6 nitrogen and oxygen atoms in total. The molecule has 1 saturated heterocycles. The largest absolute Gasteiger partial charge is 0.484 e. The minimum Gasteiger partial charge on any atom is -0.484 e. The highest BCUT2D eigenvalue weighted by Crippen LogP contribution is 2.26. The van der Waals surface area contributed by atoms with E-state index in [-0.39, 0.29) is 18.4 Å². The fourth-order valence-electron chi connectivity index (χ4n) is 3.68. The van der Waals surface area contributed by atoms with Crippen LogP contribution in [0.1, 0.15) is 17.5 Å². The molecular weight excluding hydrogens is 354 g/mol. The number of ether oxygens (including phenoxy) is 1. The van der Waals surface area contributed by atoms with Gasteiger partial charge < -0.3 is 15.0 Å². The Labute approximate surface area is 165 Å². The first-order chi connectivity index (χ1) is 13.7. The van der Waals surface area contributed by atoms with Gasteiger partial charge in [0.25, 0.3) is 5.91 Å². The van der Waals surface area contributed by atoms with Crippen LogP contribution in [0.15, 0.2) is 48.5 Å². The number of carbonyl (C=O) groups is 2. The number of rotatable bonds is 5. The molecule has 0 aromatic heterocycles. The standard InChI is InChI=1S/C22H25N3O3/c26-21-9-6-18-14-19(7-8-20(18)23-21)28-16-22(27)25-12-10-24(11-13-25)15-17-4-2-1-3-5-17/h1-5,7-8,14H,6,9-13,15-16H2,(H,23,26). The van der Waals surface area contributed by atoms with Crippen LogP contribution in [0.25, 0.3) is 0 Å². The summed E-state index contributed by atoms with van der Waals surface area (Å²) in [5, 5.41) is 2.85. The van der Waals surface area contributed by atoms with Gasteiger partial charge in [0.1, 0.15) is 5.75 Å². The number of aryl methyl sites for hydroxylation is 1. The van der Waals surface area contributed by atoms with E-state index in [0.29, 0.717) is 18.6 Å². The van der Waals surface area contributed by atoms with Gasteiger partial charge in [-0.05, 0) is 35.7 Å². The summed E-state index contributed by atoms with van der Waals surface area (Å²) in [7, 11) is 0. The first-order valence-electron chi connectivity index (χ1n) is 9.77. The van der Waals surface area contributed by atoms with Gasteiger partial charge in [-0.15, -0.1) is 0 Å². The molecule has 2 amide bonds. The highest BCUT2D eigenvalue weighted by molar-refractivity contribution is 5.94. The van der Waals surface area contributed by atoms with Crippen LogP contribution in [0.5, 0.6) is 5.75 Å². The monoisotopic (exact) mass is 379 g/mol. The molecule has 0 saturated carbocycles. The summed E-state index contributed by atoms with van der Waals surface area (Å²) >= 11 is 0. The average Bonchev–Trinajstić information content (AvgIpc) is 2.73. The molecule has 2 aliphatic rings. The van der Waals surface area contributed by atoms with Crippen molar-refractivity contribution in [2.24, 2.45) is 0 Å². The number of benzene rings is 2. The molecule has 2 aliphatic heterocycles. The third-order valence-corrected chi connectivity index (χ3v) is 5.31. The Morgan fingerprint density at radius 1 is 1.00 bits per heavy atom. The fraction of sp³-hybridized carbons (Fsp3) is 0.364. The Balaban J connectivity index is 1.24. The van der Waals surface area contributed by atoms with Crippen molar-refractivity contribution < 1.29 is 14.3 Å². The molecule has 1 fully saturated rings. The van der Waals surface area contributed by atoms with E-state index in [2.05, 4.69) is 34.5 Å². The van der Waals surface area contributed by atoms with E-state index < -0.39 is 0 Å². The molecule has 0 radical (unpaired) electrons. The van der Waals surface area contributed by atoms with E-state index in [4.69, 9.17) is 4.74 Å². The first-order valence-corrected chi connectivity index (χ1v) is 9.77. The fourth-order valence-corrected chi connectivity index (χ4v) is 3.68. The number of amides is 2. The number of hydrogen-bond donors (Lipinski definition) is 1.